The quantitative estimate of drug-likeness (QED) is 0.589. The lowest BCUT2D eigenvalue weighted by Crippen LogP contribution is -2.35. The third-order valence-corrected chi connectivity index (χ3v) is 2.75. The molecule has 1 heterocycles. The molecule has 1 unspecified atom stereocenters. The van der Waals surface area contributed by atoms with Crippen LogP contribution in [0.4, 0.5) is 0 Å². The van der Waals surface area contributed by atoms with Gasteiger partial charge < -0.3 is 4.74 Å². The number of nitrogens with one attached hydrogen (secondary N) is 1. The van der Waals surface area contributed by atoms with Crippen molar-refractivity contribution in [1.82, 2.24) is 10.4 Å². The first-order valence-corrected chi connectivity index (χ1v) is 5.41. The van der Waals surface area contributed by atoms with Gasteiger partial charge in [0.15, 0.2) is 0 Å². The van der Waals surface area contributed by atoms with Crippen LogP contribution in [-0.4, -0.2) is 17.7 Å². The second kappa shape index (κ2) is 5.39. The number of hydrogen-bond donors (Lipinski definition) is 2. The summed E-state index contributed by atoms with van der Waals surface area (Å²) in [6.07, 6.45) is 4.47. The summed E-state index contributed by atoms with van der Waals surface area (Å²) in [4.78, 5) is 4.17. The molecule has 0 saturated heterocycles. The number of nitrogens with zero attached hydrogens (tertiary/aromatic N) is 1. The molecule has 0 spiro atoms. The van der Waals surface area contributed by atoms with Crippen molar-refractivity contribution in [3.05, 3.63) is 29.6 Å². The van der Waals surface area contributed by atoms with Gasteiger partial charge in [-0.25, -0.2) is 0 Å². The molecule has 0 radical (unpaired) electrons. The highest BCUT2D eigenvalue weighted by Gasteiger charge is 2.23. The van der Waals surface area contributed by atoms with Gasteiger partial charge in [0.25, 0.3) is 0 Å². The molecule has 1 atom stereocenters. The van der Waals surface area contributed by atoms with E-state index in [9.17, 15) is 0 Å². The Labute approximate surface area is 97.2 Å². The van der Waals surface area contributed by atoms with Crippen molar-refractivity contribution in [2.75, 3.05) is 7.11 Å². The van der Waals surface area contributed by atoms with E-state index in [1.807, 2.05) is 33.2 Å². The Morgan fingerprint density at radius 1 is 1.50 bits per heavy atom. The fraction of sp³-hybridized carbons (Fsp3) is 0.583. The molecule has 3 N–H and O–H groups in total. The van der Waals surface area contributed by atoms with Gasteiger partial charge in [-0.15, -0.1) is 0 Å². The zero-order valence-electron chi connectivity index (χ0n) is 10.4. The highest BCUT2D eigenvalue weighted by molar-refractivity contribution is 5.20. The fourth-order valence-electron chi connectivity index (χ4n) is 1.62. The van der Waals surface area contributed by atoms with Gasteiger partial charge in [-0.05, 0) is 38.3 Å². The van der Waals surface area contributed by atoms with Crippen LogP contribution in [0, 0.1) is 6.92 Å². The maximum Gasteiger partial charge on any atom is 0.0641 e. The Balaban J connectivity index is 2.82. The highest BCUT2D eigenvalue weighted by Crippen LogP contribution is 2.25. The molecule has 0 aliphatic carbocycles. The second-order valence-corrected chi connectivity index (χ2v) is 4.68. The lowest BCUT2D eigenvalue weighted by atomic mass is 9.94. The number of aryl methyl sites for hydroxylation is 1. The number of hydrogen-bond acceptors (Lipinski definition) is 4. The average molecular weight is 223 g/mol. The van der Waals surface area contributed by atoms with E-state index in [-0.39, 0.29) is 11.6 Å². The van der Waals surface area contributed by atoms with E-state index in [1.165, 1.54) is 0 Å². The predicted octanol–water partition coefficient (Wildman–Crippen LogP) is 1.71. The van der Waals surface area contributed by atoms with E-state index in [2.05, 4.69) is 16.5 Å². The Kier molecular flexibility index (Phi) is 4.41. The molecule has 0 aliphatic heterocycles. The first kappa shape index (κ1) is 13.1. The molecule has 1 aromatic rings. The second-order valence-electron chi connectivity index (χ2n) is 4.68. The van der Waals surface area contributed by atoms with Gasteiger partial charge in [-0.1, -0.05) is 6.07 Å². The van der Waals surface area contributed by atoms with Crippen molar-refractivity contribution in [3.63, 3.8) is 0 Å². The molecule has 0 aliphatic rings. The molecule has 1 aromatic heterocycles. The highest BCUT2D eigenvalue weighted by atomic mass is 16.5. The predicted molar refractivity (Wildman–Crippen MR) is 64.7 cm³/mol. The third-order valence-electron chi connectivity index (χ3n) is 2.75. The summed E-state index contributed by atoms with van der Waals surface area (Å²) in [7, 11) is 1.71. The van der Waals surface area contributed by atoms with Crippen LogP contribution in [0.2, 0.25) is 0 Å². The summed E-state index contributed by atoms with van der Waals surface area (Å²) in [5.74, 6) is 5.58. The molecule has 1 rings (SSSR count). The van der Waals surface area contributed by atoms with Crippen LogP contribution >= 0.6 is 0 Å². The Bertz CT molecular complexity index is 339. The topological polar surface area (TPSA) is 60.2 Å². The molecule has 0 aromatic carbocycles. The lowest BCUT2D eigenvalue weighted by Gasteiger charge is -2.28. The minimum Gasteiger partial charge on any atom is -0.379 e. The van der Waals surface area contributed by atoms with Crippen molar-refractivity contribution in [2.24, 2.45) is 5.84 Å². The number of nitrogens with two attached hydrogens (primary N) is 1. The number of hydrazine groups is 1. The van der Waals surface area contributed by atoms with Gasteiger partial charge in [0.05, 0.1) is 11.6 Å². The summed E-state index contributed by atoms with van der Waals surface area (Å²) >= 11 is 0. The van der Waals surface area contributed by atoms with Crippen LogP contribution in [-0.2, 0) is 4.74 Å². The molecule has 0 amide bonds. The van der Waals surface area contributed by atoms with Crippen LogP contribution in [0.5, 0.6) is 0 Å². The molecule has 0 fully saturated rings. The average Bonchev–Trinajstić information content (AvgIpc) is 2.26. The number of methoxy groups -OCH3 is 1. The van der Waals surface area contributed by atoms with Gasteiger partial charge in [0.2, 0.25) is 0 Å². The zero-order chi connectivity index (χ0) is 12.2. The Morgan fingerprint density at radius 3 is 2.69 bits per heavy atom. The van der Waals surface area contributed by atoms with Gasteiger partial charge in [0, 0.05) is 19.5 Å². The summed E-state index contributed by atoms with van der Waals surface area (Å²) in [5, 5.41) is 0. The van der Waals surface area contributed by atoms with E-state index in [0.717, 1.165) is 17.5 Å². The Hall–Kier alpha value is -0.970. The van der Waals surface area contributed by atoms with E-state index in [4.69, 9.17) is 10.6 Å². The van der Waals surface area contributed by atoms with Crippen molar-refractivity contribution >= 4 is 0 Å². The maximum atomic E-state index is 5.58. The minimum atomic E-state index is -0.208. The van der Waals surface area contributed by atoms with Crippen LogP contribution in [0.1, 0.15) is 37.4 Å². The van der Waals surface area contributed by atoms with Crippen molar-refractivity contribution in [3.8, 4) is 0 Å². The largest absolute Gasteiger partial charge is 0.379 e. The SMILES string of the molecule is COC(C)(C)CC(NN)c1cncc(C)c1. The molecule has 16 heavy (non-hydrogen) atoms. The van der Waals surface area contributed by atoms with Crippen LogP contribution < -0.4 is 11.3 Å². The molecule has 0 saturated carbocycles. The lowest BCUT2D eigenvalue weighted by molar-refractivity contribution is 0.00678. The minimum absolute atomic E-state index is 0.0577. The molecule has 0 bridgehead atoms. The molecule has 4 nitrogen and oxygen atoms in total. The monoisotopic (exact) mass is 223 g/mol. The van der Waals surface area contributed by atoms with Crippen LogP contribution in [0.3, 0.4) is 0 Å². The number of rotatable bonds is 5. The zero-order valence-corrected chi connectivity index (χ0v) is 10.4. The summed E-state index contributed by atoms with van der Waals surface area (Å²) in [5.41, 5.74) is 4.83. The summed E-state index contributed by atoms with van der Waals surface area (Å²) < 4.78 is 5.41. The number of aromatic nitrogens is 1. The van der Waals surface area contributed by atoms with Gasteiger partial charge in [0.1, 0.15) is 0 Å². The van der Waals surface area contributed by atoms with E-state index < -0.39 is 0 Å². The molecule has 90 valence electrons. The number of ether oxygens (including phenoxy) is 1. The smallest absolute Gasteiger partial charge is 0.0641 e. The maximum absolute atomic E-state index is 5.58. The summed E-state index contributed by atoms with van der Waals surface area (Å²) in [6.45, 7) is 6.10. The van der Waals surface area contributed by atoms with Crippen LogP contribution in [0.25, 0.3) is 0 Å². The van der Waals surface area contributed by atoms with E-state index >= 15 is 0 Å². The molecular formula is C12H21N3O. The van der Waals surface area contributed by atoms with Gasteiger partial charge >= 0.3 is 0 Å². The van der Waals surface area contributed by atoms with Crippen molar-refractivity contribution in [2.45, 2.75) is 38.8 Å². The van der Waals surface area contributed by atoms with Gasteiger partial charge in [-0.3, -0.25) is 16.3 Å². The van der Waals surface area contributed by atoms with E-state index in [0.29, 0.717) is 0 Å². The normalized spacial score (nSPS) is 13.8. The van der Waals surface area contributed by atoms with Crippen LogP contribution in [0.15, 0.2) is 18.5 Å². The Morgan fingerprint density at radius 2 is 2.19 bits per heavy atom. The standard InChI is InChI=1S/C12H21N3O/c1-9-5-10(8-14-7-9)11(15-13)6-12(2,3)16-4/h5,7-8,11,15H,6,13H2,1-4H3. The van der Waals surface area contributed by atoms with E-state index in [1.54, 1.807) is 7.11 Å². The summed E-state index contributed by atoms with van der Waals surface area (Å²) in [6, 6.07) is 2.14. The first-order valence-electron chi connectivity index (χ1n) is 5.41. The van der Waals surface area contributed by atoms with Crippen molar-refractivity contribution in [1.29, 1.82) is 0 Å². The first-order chi connectivity index (χ1) is 7.48. The molecule has 4 heteroatoms. The van der Waals surface area contributed by atoms with Crippen molar-refractivity contribution < 1.29 is 4.74 Å². The fourth-order valence-corrected chi connectivity index (χ4v) is 1.62. The van der Waals surface area contributed by atoms with Gasteiger partial charge in [-0.2, -0.15) is 0 Å². The molecular weight excluding hydrogens is 202 g/mol. The third kappa shape index (κ3) is 3.56. The number of pyridine rings is 1.